The van der Waals surface area contributed by atoms with E-state index in [1.807, 2.05) is 6.92 Å². The van der Waals surface area contributed by atoms with Crippen LogP contribution >= 0.6 is 0 Å². The SMILES string of the molecule is CCCCOC(=O)c1ccc(NC(=O)COc2ccc(N(Cc3ccccc3F)S(C)(=O)=O)cc2)cc1. The first-order chi connectivity index (χ1) is 17.7. The van der Waals surface area contributed by atoms with E-state index in [9.17, 15) is 22.4 Å². The molecule has 37 heavy (non-hydrogen) atoms. The quantitative estimate of drug-likeness (QED) is 0.269. The third-order valence-electron chi connectivity index (χ3n) is 5.30. The number of sulfonamides is 1. The summed E-state index contributed by atoms with van der Waals surface area (Å²) in [6.45, 7) is 1.92. The molecule has 0 fully saturated rings. The first-order valence-electron chi connectivity index (χ1n) is 11.7. The number of carbonyl (C=O) groups excluding carboxylic acids is 2. The van der Waals surface area contributed by atoms with Gasteiger partial charge in [-0.2, -0.15) is 0 Å². The second kappa shape index (κ2) is 12.9. The van der Waals surface area contributed by atoms with Crippen molar-refractivity contribution in [3.8, 4) is 5.75 Å². The number of anilines is 2. The van der Waals surface area contributed by atoms with Gasteiger partial charge in [-0.15, -0.1) is 0 Å². The molecule has 0 saturated carbocycles. The number of amides is 1. The van der Waals surface area contributed by atoms with Gasteiger partial charge < -0.3 is 14.8 Å². The Morgan fingerprint density at radius 1 is 0.973 bits per heavy atom. The third kappa shape index (κ3) is 8.32. The number of hydrogen-bond acceptors (Lipinski definition) is 6. The zero-order valence-electron chi connectivity index (χ0n) is 20.6. The first kappa shape index (κ1) is 27.7. The molecule has 0 atom stereocenters. The third-order valence-corrected chi connectivity index (χ3v) is 6.44. The molecule has 3 aromatic carbocycles. The number of esters is 1. The number of nitrogens with one attached hydrogen (secondary N) is 1. The molecular weight excluding hydrogens is 499 g/mol. The molecule has 1 amide bonds. The maximum absolute atomic E-state index is 14.1. The topological polar surface area (TPSA) is 102 Å². The minimum absolute atomic E-state index is 0.163. The van der Waals surface area contributed by atoms with Crippen LogP contribution in [0.3, 0.4) is 0 Å². The Morgan fingerprint density at radius 3 is 2.27 bits per heavy atom. The summed E-state index contributed by atoms with van der Waals surface area (Å²) in [6.07, 6.45) is 2.77. The first-order valence-corrected chi connectivity index (χ1v) is 13.5. The fraction of sp³-hybridized carbons (Fsp3) is 0.259. The monoisotopic (exact) mass is 528 g/mol. The Bertz CT molecular complexity index is 1310. The van der Waals surface area contributed by atoms with Crippen molar-refractivity contribution in [2.24, 2.45) is 0 Å². The van der Waals surface area contributed by atoms with Crippen LogP contribution in [0.1, 0.15) is 35.7 Å². The molecule has 0 spiro atoms. The summed E-state index contributed by atoms with van der Waals surface area (Å²) < 4.78 is 50.5. The Hall–Kier alpha value is -3.92. The maximum Gasteiger partial charge on any atom is 0.338 e. The molecule has 0 bridgehead atoms. The van der Waals surface area contributed by atoms with Gasteiger partial charge in [0.25, 0.3) is 5.91 Å². The molecule has 196 valence electrons. The van der Waals surface area contributed by atoms with Crippen LogP contribution in [0.4, 0.5) is 15.8 Å². The number of nitrogens with zero attached hydrogens (tertiary/aromatic N) is 1. The van der Waals surface area contributed by atoms with E-state index in [0.717, 1.165) is 23.4 Å². The van der Waals surface area contributed by atoms with E-state index in [1.54, 1.807) is 30.3 Å². The minimum atomic E-state index is -3.69. The van der Waals surface area contributed by atoms with Crippen LogP contribution in [-0.2, 0) is 26.1 Å². The van der Waals surface area contributed by atoms with Crippen LogP contribution in [0.25, 0.3) is 0 Å². The van der Waals surface area contributed by atoms with Gasteiger partial charge >= 0.3 is 5.97 Å². The lowest BCUT2D eigenvalue weighted by atomic mass is 10.2. The summed E-state index contributed by atoms with van der Waals surface area (Å²) in [5.74, 6) is -0.979. The van der Waals surface area contributed by atoms with E-state index in [2.05, 4.69) is 5.32 Å². The number of unbranched alkanes of at least 4 members (excludes halogenated alkanes) is 1. The Labute approximate surface area is 216 Å². The van der Waals surface area contributed by atoms with Crippen molar-refractivity contribution in [3.05, 3.63) is 89.7 Å². The summed E-state index contributed by atoms with van der Waals surface area (Å²) in [5, 5.41) is 2.67. The average Bonchev–Trinajstić information content (AvgIpc) is 2.87. The molecule has 0 radical (unpaired) electrons. The van der Waals surface area contributed by atoms with E-state index in [1.165, 1.54) is 42.5 Å². The summed E-state index contributed by atoms with van der Waals surface area (Å²) in [5.41, 5.74) is 1.46. The summed E-state index contributed by atoms with van der Waals surface area (Å²) in [4.78, 5) is 24.2. The fourth-order valence-electron chi connectivity index (χ4n) is 3.32. The van der Waals surface area contributed by atoms with Gasteiger partial charge in [0.05, 0.1) is 30.7 Å². The molecule has 0 aliphatic heterocycles. The van der Waals surface area contributed by atoms with Crippen molar-refractivity contribution in [1.82, 2.24) is 0 Å². The molecule has 0 aliphatic carbocycles. The molecule has 10 heteroatoms. The van der Waals surface area contributed by atoms with Gasteiger partial charge in [-0.05, 0) is 61.0 Å². The molecule has 0 saturated heterocycles. The summed E-state index contributed by atoms with van der Waals surface area (Å²) >= 11 is 0. The fourth-order valence-corrected chi connectivity index (χ4v) is 4.20. The van der Waals surface area contributed by atoms with Gasteiger partial charge in [-0.3, -0.25) is 9.10 Å². The smallest absolute Gasteiger partial charge is 0.338 e. The van der Waals surface area contributed by atoms with Crippen LogP contribution in [0.2, 0.25) is 0 Å². The zero-order valence-corrected chi connectivity index (χ0v) is 21.5. The molecule has 0 heterocycles. The maximum atomic E-state index is 14.1. The number of benzene rings is 3. The second-order valence-electron chi connectivity index (χ2n) is 8.26. The average molecular weight is 529 g/mol. The Morgan fingerprint density at radius 2 is 1.65 bits per heavy atom. The van der Waals surface area contributed by atoms with Gasteiger partial charge in [0, 0.05) is 11.3 Å². The zero-order chi connectivity index (χ0) is 26.8. The van der Waals surface area contributed by atoms with E-state index in [-0.39, 0.29) is 18.7 Å². The van der Waals surface area contributed by atoms with Crippen molar-refractivity contribution < 1.29 is 31.9 Å². The standard InChI is InChI=1S/C27H29FN2O6S/c1-3-4-17-35-27(32)20-9-11-22(12-10-20)29-26(31)19-36-24-15-13-23(14-16-24)30(37(2,33)34)18-21-7-5-6-8-25(21)28/h5-16H,3-4,17-19H2,1-2H3,(H,29,31). The van der Waals surface area contributed by atoms with Crippen LogP contribution in [0.5, 0.6) is 5.75 Å². The van der Waals surface area contributed by atoms with Crippen LogP contribution in [0.15, 0.2) is 72.8 Å². The highest BCUT2D eigenvalue weighted by molar-refractivity contribution is 7.92. The second-order valence-corrected chi connectivity index (χ2v) is 10.2. The van der Waals surface area contributed by atoms with E-state index in [0.29, 0.717) is 29.3 Å². The lowest BCUT2D eigenvalue weighted by Crippen LogP contribution is -2.29. The number of hydrogen-bond donors (Lipinski definition) is 1. The van der Waals surface area contributed by atoms with Crippen molar-refractivity contribution >= 4 is 33.3 Å². The Kier molecular flexibility index (Phi) is 9.62. The molecular formula is C27H29FN2O6S. The lowest BCUT2D eigenvalue weighted by molar-refractivity contribution is -0.118. The Balaban J connectivity index is 1.55. The van der Waals surface area contributed by atoms with Gasteiger partial charge in [0.1, 0.15) is 11.6 Å². The van der Waals surface area contributed by atoms with Crippen molar-refractivity contribution in [3.63, 3.8) is 0 Å². The van der Waals surface area contributed by atoms with Gasteiger partial charge in [0.2, 0.25) is 10.0 Å². The van der Waals surface area contributed by atoms with Crippen molar-refractivity contribution in [1.29, 1.82) is 0 Å². The van der Waals surface area contributed by atoms with Crippen molar-refractivity contribution in [2.75, 3.05) is 29.1 Å². The summed E-state index contributed by atoms with van der Waals surface area (Å²) in [6, 6.07) is 18.4. The highest BCUT2D eigenvalue weighted by Crippen LogP contribution is 2.24. The predicted octanol–water partition coefficient (Wildman–Crippen LogP) is 4.77. The van der Waals surface area contributed by atoms with Crippen LogP contribution < -0.4 is 14.4 Å². The predicted molar refractivity (Wildman–Crippen MR) is 140 cm³/mol. The summed E-state index contributed by atoms with van der Waals surface area (Å²) in [7, 11) is -3.69. The molecule has 8 nitrogen and oxygen atoms in total. The van der Waals surface area contributed by atoms with Crippen LogP contribution in [-0.4, -0.2) is 39.8 Å². The van der Waals surface area contributed by atoms with Gasteiger partial charge in [-0.25, -0.2) is 17.6 Å². The van der Waals surface area contributed by atoms with E-state index < -0.39 is 27.7 Å². The van der Waals surface area contributed by atoms with Gasteiger partial charge in [0.15, 0.2) is 6.61 Å². The molecule has 0 unspecified atom stereocenters. The highest BCUT2D eigenvalue weighted by atomic mass is 32.2. The number of halogens is 1. The number of rotatable bonds is 12. The van der Waals surface area contributed by atoms with E-state index in [4.69, 9.17) is 9.47 Å². The molecule has 0 aliphatic rings. The molecule has 0 aromatic heterocycles. The highest BCUT2D eigenvalue weighted by Gasteiger charge is 2.19. The van der Waals surface area contributed by atoms with E-state index >= 15 is 0 Å². The van der Waals surface area contributed by atoms with Crippen LogP contribution in [0, 0.1) is 5.82 Å². The van der Waals surface area contributed by atoms with Crippen molar-refractivity contribution in [2.45, 2.75) is 26.3 Å². The van der Waals surface area contributed by atoms with Gasteiger partial charge in [-0.1, -0.05) is 31.5 Å². The lowest BCUT2D eigenvalue weighted by Gasteiger charge is -2.23. The number of carbonyl (C=O) groups is 2. The largest absolute Gasteiger partial charge is 0.484 e. The number of ether oxygens (including phenoxy) is 2. The molecule has 3 aromatic rings. The molecule has 1 N–H and O–H groups in total. The normalized spacial score (nSPS) is 11.0. The minimum Gasteiger partial charge on any atom is -0.484 e. The molecule has 3 rings (SSSR count).